The fourth-order valence-electron chi connectivity index (χ4n) is 1.03. The van der Waals surface area contributed by atoms with Crippen molar-refractivity contribution in [2.24, 2.45) is 0 Å². The quantitative estimate of drug-likeness (QED) is 0.578. The van der Waals surface area contributed by atoms with Crippen LogP contribution in [0.1, 0.15) is 13.3 Å². The lowest BCUT2D eigenvalue weighted by atomic mass is 9.80. The first-order valence-corrected chi connectivity index (χ1v) is 4.39. The lowest BCUT2D eigenvalue weighted by Crippen LogP contribution is -2.30. The van der Waals surface area contributed by atoms with Crippen molar-refractivity contribution in [2.75, 3.05) is 5.32 Å². The van der Waals surface area contributed by atoms with Crippen LogP contribution >= 0.6 is 0 Å². The molecule has 5 heteroatoms. The predicted octanol–water partition coefficient (Wildman–Crippen LogP) is -0.285. The second-order valence-corrected chi connectivity index (χ2v) is 2.90. The molecule has 0 spiro atoms. The largest absolute Gasteiger partial charge is 0.488 e. The molecule has 0 bridgehead atoms. The number of amides is 1. The van der Waals surface area contributed by atoms with Crippen molar-refractivity contribution in [1.29, 1.82) is 0 Å². The fourth-order valence-corrected chi connectivity index (χ4v) is 1.03. The third kappa shape index (κ3) is 2.87. The highest BCUT2D eigenvalue weighted by Crippen LogP contribution is 2.04. The molecule has 0 aliphatic carbocycles. The number of benzene rings is 1. The van der Waals surface area contributed by atoms with Crippen LogP contribution in [0.3, 0.4) is 0 Å². The minimum Gasteiger partial charge on any atom is -0.423 e. The van der Waals surface area contributed by atoms with E-state index in [0.29, 0.717) is 17.6 Å². The molecule has 0 radical (unpaired) electrons. The maximum atomic E-state index is 11.0. The molecule has 0 aromatic heterocycles. The number of nitrogens with one attached hydrogen (secondary N) is 1. The molecule has 0 fully saturated rings. The molecule has 1 aromatic rings. The number of carbonyl (C=O) groups is 1. The summed E-state index contributed by atoms with van der Waals surface area (Å²) in [5.74, 6) is -0.102. The Morgan fingerprint density at radius 3 is 2.79 bits per heavy atom. The van der Waals surface area contributed by atoms with E-state index in [4.69, 9.17) is 10.0 Å². The van der Waals surface area contributed by atoms with Crippen molar-refractivity contribution in [1.82, 2.24) is 0 Å². The molecule has 74 valence electrons. The zero-order chi connectivity index (χ0) is 10.6. The van der Waals surface area contributed by atoms with E-state index in [1.54, 1.807) is 25.1 Å². The van der Waals surface area contributed by atoms with E-state index in [9.17, 15) is 4.79 Å². The van der Waals surface area contributed by atoms with Crippen LogP contribution in [0.4, 0.5) is 5.69 Å². The van der Waals surface area contributed by atoms with Gasteiger partial charge in [0.15, 0.2) is 0 Å². The molecule has 0 saturated heterocycles. The van der Waals surface area contributed by atoms with Crippen molar-refractivity contribution < 1.29 is 14.8 Å². The minimum atomic E-state index is -1.51. The summed E-state index contributed by atoms with van der Waals surface area (Å²) in [4.78, 5) is 11.0. The highest BCUT2D eigenvalue weighted by molar-refractivity contribution is 6.58. The van der Waals surface area contributed by atoms with Crippen molar-refractivity contribution in [3.8, 4) is 0 Å². The van der Waals surface area contributed by atoms with Gasteiger partial charge in [0.05, 0.1) is 0 Å². The van der Waals surface area contributed by atoms with E-state index in [-0.39, 0.29) is 5.91 Å². The summed E-state index contributed by atoms with van der Waals surface area (Å²) in [7, 11) is -1.51. The van der Waals surface area contributed by atoms with E-state index in [0.717, 1.165) is 0 Å². The fraction of sp³-hybridized carbons (Fsp3) is 0.222. The van der Waals surface area contributed by atoms with E-state index >= 15 is 0 Å². The normalized spacial score (nSPS) is 9.64. The Labute approximate surface area is 82.7 Å². The molecule has 0 heterocycles. The van der Waals surface area contributed by atoms with Gasteiger partial charge < -0.3 is 15.4 Å². The van der Waals surface area contributed by atoms with E-state index in [1.807, 2.05) is 0 Å². The summed E-state index contributed by atoms with van der Waals surface area (Å²) < 4.78 is 0. The van der Waals surface area contributed by atoms with Crippen molar-refractivity contribution in [2.45, 2.75) is 13.3 Å². The van der Waals surface area contributed by atoms with Gasteiger partial charge in [0.1, 0.15) is 0 Å². The monoisotopic (exact) mass is 193 g/mol. The van der Waals surface area contributed by atoms with Gasteiger partial charge in [0, 0.05) is 12.1 Å². The summed E-state index contributed by atoms with van der Waals surface area (Å²) in [5.41, 5.74) is 0.932. The smallest absolute Gasteiger partial charge is 0.423 e. The molecule has 1 aromatic carbocycles. The SMILES string of the molecule is CCC(=O)Nc1cccc(B(O)O)c1. The molecule has 0 unspecified atom stereocenters. The summed E-state index contributed by atoms with van der Waals surface area (Å²) in [6.07, 6.45) is 0.395. The molecule has 0 aliphatic heterocycles. The van der Waals surface area contributed by atoms with Gasteiger partial charge >= 0.3 is 7.12 Å². The van der Waals surface area contributed by atoms with Crippen LogP contribution in [0.2, 0.25) is 0 Å². The van der Waals surface area contributed by atoms with E-state index in [1.165, 1.54) is 6.07 Å². The van der Waals surface area contributed by atoms with Gasteiger partial charge in [-0.25, -0.2) is 0 Å². The first-order valence-electron chi connectivity index (χ1n) is 4.39. The lowest BCUT2D eigenvalue weighted by molar-refractivity contribution is -0.115. The highest BCUT2D eigenvalue weighted by atomic mass is 16.4. The number of hydrogen-bond donors (Lipinski definition) is 3. The average Bonchev–Trinajstić information content (AvgIpc) is 2.18. The van der Waals surface area contributed by atoms with Gasteiger partial charge in [0.2, 0.25) is 5.91 Å². The molecular weight excluding hydrogens is 181 g/mol. The van der Waals surface area contributed by atoms with Crippen LogP contribution in [0, 0.1) is 0 Å². The van der Waals surface area contributed by atoms with E-state index in [2.05, 4.69) is 5.32 Å². The second-order valence-electron chi connectivity index (χ2n) is 2.90. The number of hydrogen-bond acceptors (Lipinski definition) is 3. The Kier molecular flexibility index (Phi) is 3.68. The lowest BCUT2D eigenvalue weighted by Gasteiger charge is -2.05. The van der Waals surface area contributed by atoms with Gasteiger partial charge in [0.25, 0.3) is 0 Å². The third-order valence-corrected chi connectivity index (χ3v) is 1.79. The Morgan fingerprint density at radius 1 is 1.50 bits per heavy atom. The molecule has 1 amide bonds. The van der Waals surface area contributed by atoms with Gasteiger partial charge in [-0.3, -0.25) is 4.79 Å². The standard InChI is InChI=1S/C9H12BNO3/c1-2-9(12)11-8-5-3-4-7(6-8)10(13)14/h3-6,13-14H,2H2,1H3,(H,11,12). The zero-order valence-electron chi connectivity index (χ0n) is 7.90. The van der Waals surface area contributed by atoms with Crippen LogP contribution in [0.15, 0.2) is 24.3 Å². The zero-order valence-corrected chi connectivity index (χ0v) is 7.90. The molecular formula is C9H12BNO3. The van der Waals surface area contributed by atoms with E-state index < -0.39 is 7.12 Å². The van der Waals surface area contributed by atoms with Crippen LogP contribution in [0.5, 0.6) is 0 Å². The molecule has 0 saturated carbocycles. The molecule has 4 nitrogen and oxygen atoms in total. The first kappa shape index (κ1) is 10.8. The molecule has 3 N–H and O–H groups in total. The third-order valence-electron chi connectivity index (χ3n) is 1.79. The minimum absolute atomic E-state index is 0.102. The van der Waals surface area contributed by atoms with Gasteiger partial charge in [-0.2, -0.15) is 0 Å². The maximum Gasteiger partial charge on any atom is 0.488 e. The summed E-state index contributed by atoms with van der Waals surface area (Å²) in [6, 6.07) is 6.45. The Hall–Kier alpha value is -1.33. The van der Waals surface area contributed by atoms with Crippen LogP contribution < -0.4 is 10.8 Å². The van der Waals surface area contributed by atoms with Gasteiger partial charge in [-0.05, 0) is 17.6 Å². The number of rotatable bonds is 3. The Morgan fingerprint density at radius 2 is 2.21 bits per heavy atom. The molecule has 0 atom stereocenters. The highest BCUT2D eigenvalue weighted by Gasteiger charge is 2.10. The number of anilines is 1. The topological polar surface area (TPSA) is 69.6 Å². The molecule has 0 aliphatic rings. The first-order chi connectivity index (χ1) is 6.63. The summed E-state index contributed by atoms with van der Waals surface area (Å²) in [6.45, 7) is 1.75. The van der Waals surface area contributed by atoms with Crippen molar-refractivity contribution in [3.05, 3.63) is 24.3 Å². The van der Waals surface area contributed by atoms with Crippen LogP contribution in [-0.4, -0.2) is 23.1 Å². The van der Waals surface area contributed by atoms with Crippen molar-refractivity contribution in [3.63, 3.8) is 0 Å². The number of carbonyl (C=O) groups excluding carboxylic acids is 1. The van der Waals surface area contributed by atoms with Gasteiger partial charge in [-0.1, -0.05) is 19.1 Å². The molecule has 14 heavy (non-hydrogen) atoms. The predicted molar refractivity (Wildman–Crippen MR) is 55.2 cm³/mol. The summed E-state index contributed by atoms with van der Waals surface area (Å²) >= 11 is 0. The average molecular weight is 193 g/mol. The Balaban J connectivity index is 2.78. The van der Waals surface area contributed by atoms with Crippen molar-refractivity contribution >= 4 is 24.2 Å². The van der Waals surface area contributed by atoms with Gasteiger partial charge in [-0.15, -0.1) is 0 Å². The summed E-state index contributed by atoms with van der Waals surface area (Å²) in [5, 5.41) is 20.4. The molecule has 1 rings (SSSR count). The maximum absolute atomic E-state index is 11.0. The van der Waals surface area contributed by atoms with Crippen LogP contribution in [-0.2, 0) is 4.79 Å². The second kappa shape index (κ2) is 4.78. The van der Waals surface area contributed by atoms with Crippen LogP contribution in [0.25, 0.3) is 0 Å². The Bertz CT molecular complexity index is 328.